The fraction of sp³-hybridized carbons (Fsp3) is 0.323. The number of amides is 2. The van der Waals surface area contributed by atoms with E-state index in [1.54, 1.807) is 24.3 Å². The Bertz CT molecular complexity index is 1680. The number of H-pyrrole nitrogens is 1. The second-order valence-corrected chi connectivity index (χ2v) is 11.3. The SMILES string of the molecule is O=C(Nc1ccc(Cc2nc3ccc(C(F)(F)F)cc3[nH]2)cc1)c1cc(CNC(=O)C2(C(F)(F)F)CCCCC2)ccc1Cl. The molecule has 13 heteroatoms. The van der Waals surface area contributed by atoms with Gasteiger partial charge in [0.25, 0.3) is 5.91 Å². The molecule has 44 heavy (non-hydrogen) atoms. The standard InChI is InChI=1S/C31H27ClF6N4O2/c32-23-10-6-19(17-39-28(44)29(31(36,37)38)12-2-1-3-13-29)14-22(23)27(43)40-21-8-4-18(5-9-21)15-26-41-24-11-7-20(30(33,34)35)16-25(24)42-26/h4-11,14,16H,1-3,12-13,15,17H2,(H,39,44)(H,40,43)(H,41,42). The van der Waals surface area contributed by atoms with E-state index in [0.717, 1.165) is 17.7 Å². The number of aromatic amines is 1. The molecule has 0 saturated heterocycles. The number of nitrogens with zero attached hydrogens (tertiary/aromatic N) is 1. The summed E-state index contributed by atoms with van der Waals surface area (Å²) in [5, 5.41) is 5.23. The zero-order chi connectivity index (χ0) is 31.7. The summed E-state index contributed by atoms with van der Waals surface area (Å²) in [4.78, 5) is 33.0. The molecule has 1 aromatic heterocycles. The highest BCUT2D eigenvalue weighted by Gasteiger charge is 2.59. The summed E-state index contributed by atoms with van der Waals surface area (Å²) in [6.07, 6.45) is -8.02. The molecule has 3 N–H and O–H groups in total. The molecule has 232 valence electrons. The maximum atomic E-state index is 13.9. The van der Waals surface area contributed by atoms with Crippen LogP contribution in [0, 0.1) is 5.41 Å². The van der Waals surface area contributed by atoms with E-state index < -0.39 is 35.1 Å². The number of anilines is 1. The number of benzene rings is 3. The molecule has 0 radical (unpaired) electrons. The molecule has 5 rings (SSSR count). The van der Waals surface area contributed by atoms with Crippen molar-refractivity contribution in [3.8, 4) is 0 Å². The monoisotopic (exact) mass is 636 g/mol. The van der Waals surface area contributed by atoms with Crippen molar-refractivity contribution in [2.75, 3.05) is 5.32 Å². The summed E-state index contributed by atoms with van der Waals surface area (Å²) < 4.78 is 80.6. The van der Waals surface area contributed by atoms with Crippen molar-refractivity contribution in [1.29, 1.82) is 0 Å². The molecule has 2 amide bonds. The van der Waals surface area contributed by atoms with Crippen LogP contribution in [0.15, 0.2) is 60.7 Å². The van der Waals surface area contributed by atoms with Gasteiger partial charge in [-0.05, 0) is 66.4 Å². The molecule has 0 spiro atoms. The molecule has 0 atom stereocenters. The molecule has 1 aliphatic rings. The summed E-state index contributed by atoms with van der Waals surface area (Å²) in [5.74, 6) is -1.16. The predicted octanol–water partition coefficient (Wildman–Crippen LogP) is 8.21. The Morgan fingerprint density at radius 3 is 2.23 bits per heavy atom. The Morgan fingerprint density at radius 1 is 0.886 bits per heavy atom. The first-order valence-electron chi connectivity index (χ1n) is 13.8. The third kappa shape index (κ3) is 6.69. The third-order valence-corrected chi connectivity index (χ3v) is 8.18. The van der Waals surface area contributed by atoms with Crippen LogP contribution in [0.25, 0.3) is 11.0 Å². The van der Waals surface area contributed by atoms with Crippen molar-refractivity contribution in [3.63, 3.8) is 0 Å². The Labute approximate surface area is 253 Å². The average Bonchev–Trinajstić information content (AvgIpc) is 3.38. The zero-order valence-corrected chi connectivity index (χ0v) is 23.9. The van der Waals surface area contributed by atoms with Gasteiger partial charge >= 0.3 is 12.4 Å². The van der Waals surface area contributed by atoms with Crippen molar-refractivity contribution in [2.45, 2.75) is 57.4 Å². The van der Waals surface area contributed by atoms with Crippen LogP contribution >= 0.6 is 11.6 Å². The lowest BCUT2D eigenvalue weighted by atomic mass is 9.72. The minimum atomic E-state index is -4.66. The van der Waals surface area contributed by atoms with Crippen molar-refractivity contribution >= 4 is 40.1 Å². The number of alkyl halides is 6. The van der Waals surface area contributed by atoms with E-state index in [4.69, 9.17) is 11.6 Å². The van der Waals surface area contributed by atoms with Gasteiger partial charge in [0.15, 0.2) is 0 Å². The predicted molar refractivity (Wildman–Crippen MR) is 153 cm³/mol. The maximum Gasteiger partial charge on any atom is 0.416 e. The van der Waals surface area contributed by atoms with Gasteiger partial charge in [0.1, 0.15) is 11.2 Å². The van der Waals surface area contributed by atoms with E-state index in [1.165, 1.54) is 24.3 Å². The Morgan fingerprint density at radius 2 is 1.57 bits per heavy atom. The number of carbonyl (C=O) groups is 2. The molecule has 1 fully saturated rings. The number of carbonyl (C=O) groups excluding carboxylic acids is 2. The van der Waals surface area contributed by atoms with Crippen LogP contribution in [-0.4, -0.2) is 28.0 Å². The van der Waals surface area contributed by atoms with Gasteiger partial charge in [0.2, 0.25) is 5.91 Å². The number of halogens is 7. The molecule has 6 nitrogen and oxygen atoms in total. The second-order valence-electron chi connectivity index (χ2n) is 10.9. The lowest BCUT2D eigenvalue weighted by molar-refractivity contribution is -0.230. The van der Waals surface area contributed by atoms with Crippen LogP contribution in [0.4, 0.5) is 32.0 Å². The van der Waals surface area contributed by atoms with E-state index in [-0.39, 0.29) is 35.5 Å². The number of hydrogen-bond acceptors (Lipinski definition) is 3. The third-order valence-electron chi connectivity index (χ3n) is 7.85. The molecule has 0 aliphatic heterocycles. The normalized spacial score (nSPS) is 15.2. The first-order valence-corrected chi connectivity index (χ1v) is 14.2. The average molecular weight is 637 g/mol. The van der Waals surface area contributed by atoms with Crippen LogP contribution in [0.5, 0.6) is 0 Å². The smallest absolute Gasteiger partial charge is 0.351 e. The van der Waals surface area contributed by atoms with Crippen LogP contribution in [0.1, 0.15) is 65.0 Å². The lowest BCUT2D eigenvalue weighted by Gasteiger charge is -2.37. The van der Waals surface area contributed by atoms with Crippen molar-refractivity contribution in [2.24, 2.45) is 5.41 Å². The van der Waals surface area contributed by atoms with Gasteiger partial charge in [0.05, 0.1) is 27.2 Å². The summed E-state index contributed by atoms with van der Waals surface area (Å²) >= 11 is 6.24. The molecular weight excluding hydrogens is 610 g/mol. The summed E-state index contributed by atoms with van der Waals surface area (Å²) in [6, 6.07) is 14.4. The molecule has 1 aliphatic carbocycles. The molecular formula is C31H27ClF6N4O2. The number of nitrogens with one attached hydrogen (secondary N) is 3. The van der Waals surface area contributed by atoms with E-state index in [2.05, 4.69) is 20.6 Å². The van der Waals surface area contributed by atoms with Crippen molar-refractivity contribution in [3.05, 3.63) is 93.8 Å². The van der Waals surface area contributed by atoms with Gasteiger partial charge in [-0.25, -0.2) is 4.98 Å². The van der Waals surface area contributed by atoms with E-state index in [1.807, 2.05) is 0 Å². The van der Waals surface area contributed by atoms with E-state index >= 15 is 0 Å². The zero-order valence-electron chi connectivity index (χ0n) is 23.1. The highest BCUT2D eigenvalue weighted by Crippen LogP contribution is 2.49. The van der Waals surface area contributed by atoms with Gasteiger partial charge in [0, 0.05) is 18.7 Å². The molecule has 1 heterocycles. The molecule has 3 aromatic carbocycles. The lowest BCUT2D eigenvalue weighted by Crippen LogP contribution is -2.51. The minimum Gasteiger partial charge on any atom is -0.351 e. The quantitative estimate of drug-likeness (QED) is 0.179. The molecule has 4 aromatic rings. The number of hydrogen-bond donors (Lipinski definition) is 3. The fourth-order valence-corrected chi connectivity index (χ4v) is 5.63. The topological polar surface area (TPSA) is 86.9 Å². The van der Waals surface area contributed by atoms with E-state index in [9.17, 15) is 35.9 Å². The summed E-state index contributed by atoms with van der Waals surface area (Å²) in [7, 11) is 0. The van der Waals surface area contributed by atoms with Crippen LogP contribution in [0.3, 0.4) is 0 Å². The highest BCUT2D eigenvalue weighted by atomic mass is 35.5. The Balaban J connectivity index is 1.22. The van der Waals surface area contributed by atoms with Gasteiger partial charge in [-0.15, -0.1) is 0 Å². The fourth-order valence-electron chi connectivity index (χ4n) is 5.42. The maximum absolute atomic E-state index is 13.9. The van der Waals surface area contributed by atoms with Gasteiger partial charge in [-0.3, -0.25) is 9.59 Å². The Hall–Kier alpha value is -4.06. The molecule has 0 unspecified atom stereocenters. The molecule has 0 bridgehead atoms. The van der Waals surface area contributed by atoms with Gasteiger partial charge in [-0.2, -0.15) is 26.3 Å². The number of fused-ring (bicyclic) bond motifs is 1. The first-order chi connectivity index (χ1) is 20.7. The largest absolute Gasteiger partial charge is 0.416 e. The van der Waals surface area contributed by atoms with Gasteiger partial charge in [-0.1, -0.05) is 49.1 Å². The second kappa shape index (κ2) is 12.1. The Kier molecular flexibility index (Phi) is 8.66. The summed E-state index contributed by atoms with van der Waals surface area (Å²) in [5.41, 5.74) is -0.817. The van der Waals surface area contributed by atoms with E-state index in [0.29, 0.717) is 48.3 Å². The van der Waals surface area contributed by atoms with Crippen molar-refractivity contribution < 1.29 is 35.9 Å². The number of aromatic nitrogens is 2. The van der Waals surface area contributed by atoms with Crippen molar-refractivity contribution in [1.82, 2.24) is 15.3 Å². The summed E-state index contributed by atoms with van der Waals surface area (Å²) in [6.45, 7) is -0.206. The molecule has 1 saturated carbocycles. The number of imidazole rings is 1. The van der Waals surface area contributed by atoms with Crippen LogP contribution in [-0.2, 0) is 23.9 Å². The number of rotatable bonds is 7. The van der Waals surface area contributed by atoms with Crippen LogP contribution in [0.2, 0.25) is 5.02 Å². The minimum absolute atomic E-state index is 0.0752. The first kappa shape index (κ1) is 31.4. The van der Waals surface area contributed by atoms with Gasteiger partial charge < -0.3 is 15.6 Å². The van der Waals surface area contributed by atoms with Crippen LogP contribution < -0.4 is 10.6 Å². The highest BCUT2D eigenvalue weighted by molar-refractivity contribution is 6.34.